The van der Waals surface area contributed by atoms with Gasteiger partial charge in [-0.3, -0.25) is 0 Å². The third kappa shape index (κ3) is 2.81. The maximum absolute atomic E-state index is 6.09. The van der Waals surface area contributed by atoms with Crippen molar-refractivity contribution in [2.75, 3.05) is 5.32 Å². The molecule has 0 saturated carbocycles. The van der Waals surface area contributed by atoms with Gasteiger partial charge in [-0.1, -0.05) is 61.5 Å². The number of aromatic nitrogens is 2. The highest BCUT2D eigenvalue weighted by Crippen LogP contribution is 2.28. The number of benzene rings is 2. The van der Waals surface area contributed by atoms with Gasteiger partial charge in [0.1, 0.15) is 0 Å². The van der Waals surface area contributed by atoms with E-state index >= 15 is 0 Å². The van der Waals surface area contributed by atoms with Crippen LogP contribution in [-0.2, 0) is 0 Å². The molecule has 0 fully saturated rings. The van der Waals surface area contributed by atoms with Gasteiger partial charge in [0.05, 0.1) is 0 Å². The van der Waals surface area contributed by atoms with Crippen LogP contribution in [0.5, 0.6) is 0 Å². The molecule has 3 nitrogen and oxygen atoms in total. The minimum Gasteiger partial charge on any atom is -0.338 e. The first kappa shape index (κ1) is 14.5. The SMILES string of the molecule is C=C(CC)c1ccc(Nc2nnc(Cl)c3ccccc23)cc1. The molecule has 0 saturated heterocycles. The van der Waals surface area contributed by atoms with Crippen molar-refractivity contribution in [2.45, 2.75) is 13.3 Å². The maximum Gasteiger partial charge on any atom is 0.161 e. The quantitative estimate of drug-likeness (QED) is 0.696. The normalized spacial score (nSPS) is 10.6. The Morgan fingerprint density at radius 3 is 2.41 bits per heavy atom. The third-order valence-corrected chi connectivity index (χ3v) is 3.90. The van der Waals surface area contributed by atoms with Crippen molar-refractivity contribution in [3.63, 3.8) is 0 Å². The fraction of sp³-hybridized carbons (Fsp3) is 0.111. The lowest BCUT2D eigenvalue weighted by Gasteiger charge is -2.10. The molecule has 1 heterocycles. The second kappa shape index (κ2) is 6.16. The molecule has 0 aliphatic carbocycles. The number of halogens is 1. The second-order valence-electron chi connectivity index (χ2n) is 5.04. The van der Waals surface area contributed by atoms with Crippen LogP contribution in [0.25, 0.3) is 16.3 Å². The lowest BCUT2D eigenvalue weighted by atomic mass is 10.1. The largest absolute Gasteiger partial charge is 0.338 e. The molecule has 1 aromatic heterocycles. The molecule has 0 radical (unpaired) electrons. The summed E-state index contributed by atoms with van der Waals surface area (Å²) >= 11 is 6.09. The van der Waals surface area contributed by atoms with Gasteiger partial charge in [-0.15, -0.1) is 10.2 Å². The van der Waals surface area contributed by atoms with Crippen molar-refractivity contribution in [1.29, 1.82) is 0 Å². The van der Waals surface area contributed by atoms with Gasteiger partial charge in [0.2, 0.25) is 0 Å². The predicted molar refractivity (Wildman–Crippen MR) is 93.6 cm³/mol. The van der Waals surface area contributed by atoms with Crippen molar-refractivity contribution >= 4 is 39.5 Å². The van der Waals surface area contributed by atoms with Crippen LogP contribution in [0.15, 0.2) is 55.1 Å². The lowest BCUT2D eigenvalue weighted by molar-refractivity contribution is 1.05. The van der Waals surface area contributed by atoms with Gasteiger partial charge in [0.15, 0.2) is 11.0 Å². The summed E-state index contributed by atoms with van der Waals surface area (Å²) in [5.41, 5.74) is 3.23. The van der Waals surface area contributed by atoms with Gasteiger partial charge in [0.25, 0.3) is 0 Å². The molecule has 0 atom stereocenters. The number of fused-ring (bicyclic) bond motifs is 1. The Morgan fingerprint density at radius 2 is 1.73 bits per heavy atom. The number of anilines is 2. The molecule has 0 aliphatic rings. The Balaban J connectivity index is 1.93. The highest BCUT2D eigenvalue weighted by Gasteiger charge is 2.07. The van der Waals surface area contributed by atoms with Gasteiger partial charge < -0.3 is 5.32 Å². The van der Waals surface area contributed by atoms with Crippen molar-refractivity contribution in [1.82, 2.24) is 10.2 Å². The van der Waals surface area contributed by atoms with Crippen LogP contribution < -0.4 is 5.32 Å². The molecular formula is C18H16ClN3. The summed E-state index contributed by atoms with van der Waals surface area (Å²) in [6.07, 6.45) is 0.945. The van der Waals surface area contributed by atoms with Gasteiger partial charge in [-0.25, -0.2) is 0 Å². The first-order valence-electron chi connectivity index (χ1n) is 7.15. The molecule has 2 aromatic carbocycles. The van der Waals surface area contributed by atoms with E-state index in [1.54, 1.807) is 0 Å². The molecule has 4 heteroatoms. The number of allylic oxidation sites excluding steroid dienone is 1. The first-order valence-corrected chi connectivity index (χ1v) is 7.53. The standard InChI is InChI=1S/C18H16ClN3/c1-3-12(2)13-8-10-14(11-9-13)20-18-16-7-5-4-6-15(16)17(19)21-22-18/h4-11H,2-3H2,1H3,(H,20,22). The summed E-state index contributed by atoms with van der Waals surface area (Å²) < 4.78 is 0. The summed E-state index contributed by atoms with van der Waals surface area (Å²) in [7, 11) is 0. The number of nitrogens with zero attached hydrogens (tertiary/aromatic N) is 2. The van der Waals surface area contributed by atoms with Crippen molar-refractivity contribution in [3.8, 4) is 0 Å². The molecule has 0 bridgehead atoms. The number of nitrogens with one attached hydrogen (secondary N) is 1. The molecule has 0 spiro atoms. The first-order chi connectivity index (χ1) is 10.7. The zero-order valence-electron chi connectivity index (χ0n) is 12.3. The summed E-state index contributed by atoms with van der Waals surface area (Å²) in [5, 5.41) is 13.7. The van der Waals surface area contributed by atoms with E-state index in [1.165, 1.54) is 0 Å². The predicted octanol–water partition coefficient (Wildman–Crippen LogP) is 5.45. The zero-order valence-corrected chi connectivity index (χ0v) is 13.1. The van der Waals surface area contributed by atoms with Crippen LogP contribution in [0.2, 0.25) is 5.15 Å². The number of hydrogen-bond donors (Lipinski definition) is 1. The van der Waals surface area contributed by atoms with Crippen LogP contribution in [0.4, 0.5) is 11.5 Å². The number of hydrogen-bond acceptors (Lipinski definition) is 3. The van der Waals surface area contributed by atoms with Crippen molar-refractivity contribution < 1.29 is 0 Å². The van der Waals surface area contributed by atoms with Crippen LogP contribution in [-0.4, -0.2) is 10.2 Å². The summed E-state index contributed by atoms with van der Waals surface area (Å²) in [6, 6.07) is 15.9. The van der Waals surface area contributed by atoms with Crippen LogP contribution in [0, 0.1) is 0 Å². The van der Waals surface area contributed by atoms with Gasteiger partial charge in [0, 0.05) is 16.5 Å². The minimum atomic E-state index is 0.413. The van der Waals surface area contributed by atoms with Gasteiger partial charge in [-0.05, 0) is 29.7 Å². The number of rotatable bonds is 4. The van der Waals surface area contributed by atoms with Crippen molar-refractivity contribution in [2.24, 2.45) is 0 Å². The van der Waals surface area contributed by atoms with E-state index in [-0.39, 0.29) is 0 Å². The maximum atomic E-state index is 6.09. The van der Waals surface area contributed by atoms with Crippen molar-refractivity contribution in [3.05, 3.63) is 65.8 Å². The highest BCUT2D eigenvalue weighted by atomic mass is 35.5. The van der Waals surface area contributed by atoms with Crippen LogP contribution in [0.1, 0.15) is 18.9 Å². The summed E-state index contributed by atoms with van der Waals surface area (Å²) in [4.78, 5) is 0. The monoisotopic (exact) mass is 309 g/mol. The van der Waals surface area contributed by atoms with E-state index in [4.69, 9.17) is 11.6 Å². The lowest BCUT2D eigenvalue weighted by Crippen LogP contribution is -1.97. The Labute approximate surface area is 134 Å². The Hall–Kier alpha value is -2.39. The topological polar surface area (TPSA) is 37.8 Å². The fourth-order valence-corrected chi connectivity index (χ4v) is 2.50. The summed E-state index contributed by atoms with van der Waals surface area (Å²) in [5.74, 6) is 0.696. The molecule has 1 N–H and O–H groups in total. The molecule has 110 valence electrons. The van der Waals surface area contributed by atoms with E-state index in [2.05, 4.69) is 41.1 Å². The van der Waals surface area contributed by atoms with E-state index < -0.39 is 0 Å². The second-order valence-corrected chi connectivity index (χ2v) is 5.40. The highest BCUT2D eigenvalue weighted by molar-refractivity contribution is 6.34. The van der Waals surface area contributed by atoms with Crippen LogP contribution in [0.3, 0.4) is 0 Å². The van der Waals surface area contributed by atoms with E-state index in [9.17, 15) is 0 Å². The third-order valence-electron chi connectivity index (χ3n) is 3.62. The minimum absolute atomic E-state index is 0.413. The fourth-order valence-electron chi connectivity index (χ4n) is 2.29. The molecule has 22 heavy (non-hydrogen) atoms. The average molecular weight is 310 g/mol. The average Bonchev–Trinajstić information content (AvgIpc) is 2.57. The van der Waals surface area contributed by atoms with E-state index in [1.807, 2.05) is 36.4 Å². The summed E-state index contributed by atoms with van der Waals surface area (Å²) in [6.45, 7) is 6.15. The van der Waals surface area contributed by atoms with Crippen LogP contribution >= 0.6 is 11.6 Å². The molecule has 3 aromatic rings. The van der Waals surface area contributed by atoms with Gasteiger partial charge in [-0.2, -0.15) is 0 Å². The Kier molecular flexibility index (Phi) is 4.07. The van der Waals surface area contributed by atoms with E-state index in [0.717, 1.165) is 34.0 Å². The Morgan fingerprint density at radius 1 is 1.05 bits per heavy atom. The van der Waals surface area contributed by atoms with E-state index in [0.29, 0.717) is 11.0 Å². The molecule has 0 unspecified atom stereocenters. The zero-order chi connectivity index (χ0) is 15.5. The molecule has 0 aliphatic heterocycles. The molecule has 0 amide bonds. The molecule has 3 rings (SSSR count). The smallest absolute Gasteiger partial charge is 0.161 e. The van der Waals surface area contributed by atoms with Gasteiger partial charge >= 0.3 is 0 Å². The molecular weight excluding hydrogens is 294 g/mol. The Bertz CT molecular complexity index is 825.